The minimum absolute atomic E-state index is 0. The molecule has 0 aromatic heterocycles. The Morgan fingerprint density at radius 2 is 0.987 bits per heavy atom. The monoisotopic (exact) mass is 1090 g/mol. The molecule has 414 valence electrons. The van der Waals surface area contributed by atoms with Gasteiger partial charge in [-0.3, -0.25) is 14.4 Å². The van der Waals surface area contributed by atoms with Gasteiger partial charge in [0.25, 0.3) is 0 Å². The van der Waals surface area contributed by atoms with Gasteiger partial charge in [-0.1, -0.05) is 93.0 Å². The Balaban J connectivity index is 0.000000239. The van der Waals surface area contributed by atoms with E-state index in [0.717, 1.165) is 106 Å². The summed E-state index contributed by atoms with van der Waals surface area (Å²) in [5.74, 6) is -1.51. The number of ether oxygens (including phenoxy) is 5. The quantitative estimate of drug-likeness (QED) is 0.0816. The maximum atomic E-state index is 12.9. The molecule has 3 aromatic carbocycles. The molecule has 3 fully saturated rings. The van der Waals surface area contributed by atoms with Crippen LogP contribution in [0.5, 0.6) is 0 Å². The SMILES string of the molecule is CCC(=O)Cl.CCOC(=O)C1(OC(=O)Cc2c(C)cc(C)cc2C)CCCCC1.Cc1cc(C)c(C2=C(OC(=O)CC(C)(C)C)C3(CCCC3)OC2=O)c(C)c1.Cc1cc(C)c(C2=C([O-])C3(CCCC3)OC2=O)c(C)c1.[Na+]. The van der Waals surface area contributed by atoms with Gasteiger partial charge in [-0.15, -0.1) is 0 Å². The van der Waals surface area contributed by atoms with E-state index in [1.807, 2.05) is 95.2 Å². The summed E-state index contributed by atoms with van der Waals surface area (Å²) in [4.78, 5) is 72.3. The summed E-state index contributed by atoms with van der Waals surface area (Å²) in [6.07, 6.45) is 11.5. The summed E-state index contributed by atoms with van der Waals surface area (Å²) in [6.45, 7) is 27.8. The Kier molecular flexibility index (Phi) is 23.1. The van der Waals surface area contributed by atoms with Gasteiger partial charge in [0.1, 0.15) is 11.2 Å². The molecule has 5 aliphatic rings. The average Bonchev–Trinajstić information content (AvgIpc) is 4.10. The van der Waals surface area contributed by atoms with Gasteiger partial charge in [-0.25, -0.2) is 14.4 Å². The van der Waals surface area contributed by atoms with Crippen LogP contribution in [0.15, 0.2) is 47.9 Å². The number of rotatable bonds is 10. The molecule has 0 amide bonds. The molecule has 2 aliphatic heterocycles. The maximum Gasteiger partial charge on any atom is 1.00 e. The fourth-order valence-corrected chi connectivity index (χ4v) is 11.7. The molecule has 3 aromatic rings. The van der Waals surface area contributed by atoms with Crippen LogP contribution >= 0.6 is 11.6 Å². The molecule has 8 rings (SSSR count). The van der Waals surface area contributed by atoms with Crippen molar-refractivity contribution in [3.05, 3.63) is 115 Å². The number of carbonyl (C=O) groups is 6. The van der Waals surface area contributed by atoms with Crippen LogP contribution in [0.4, 0.5) is 0 Å². The van der Waals surface area contributed by atoms with Gasteiger partial charge in [0.2, 0.25) is 10.8 Å². The second-order valence-corrected chi connectivity index (χ2v) is 23.3. The molecule has 0 unspecified atom stereocenters. The number of esters is 5. The van der Waals surface area contributed by atoms with Crippen molar-refractivity contribution in [3.8, 4) is 0 Å². The first-order valence-corrected chi connectivity index (χ1v) is 27.6. The predicted molar refractivity (Wildman–Crippen MR) is 294 cm³/mol. The van der Waals surface area contributed by atoms with Crippen LogP contribution in [0.3, 0.4) is 0 Å². The van der Waals surface area contributed by atoms with Crippen LogP contribution in [0.2, 0.25) is 0 Å². The van der Waals surface area contributed by atoms with E-state index in [9.17, 15) is 33.9 Å². The summed E-state index contributed by atoms with van der Waals surface area (Å²) < 4.78 is 28.2. The minimum atomic E-state index is -1.09. The van der Waals surface area contributed by atoms with Crippen molar-refractivity contribution in [1.29, 1.82) is 0 Å². The first-order valence-electron chi connectivity index (χ1n) is 27.3. The second-order valence-electron chi connectivity index (χ2n) is 22.9. The Morgan fingerprint density at radius 1 is 0.597 bits per heavy atom. The van der Waals surface area contributed by atoms with E-state index in [-0.39, 0.29) is 75.9 Å². The van der Waals surface area contributed by atoms with Crippen molar-refractivity contribution in [3.63, 3.8) is 0 Å². The van der Waals surface area contributed by atoms with Crippen LogP contribution in [-0.2, 0) is 58.9 Å². The van der Waals surface area contributed by atoms with Gasteiger partial charge in [0, 0.05) is 6.42 Å². The van der Waals surface area contributed by atoms with Gasteiger partial charge >= 0.3 is 59.4 Å². The molecule has 12 nitrogen and oxygen atoms in total. The average molecular weight is 1090 g/mol. The molecule has 0 bridgehead atoms. The Hall–Kier alpha value is -4.75. The third-order valence-electron chi connectivity index (χ3n) is 14.9. The molecular weight excluding hydrogens is 1010 g/mol. The molecule has 77 heavy (non-hydrogen) atoms. The van der Waals surface area contributed by atoms with E-state index in [1.165, 1.54) is 5.56 Å². The second kappa shape index (κ2) is 27.4. The van der Waals surface area contributed by atoms with Crippen molar-refractivity contribution in [2.45, 2.75) is 216 Å². The zero-order valence-electron chi connectivity index (χ0n) is 48.8. The summed E-state index contributed by atoms with van der Waals surface area (Å²) in [7, 11) is 0. The van der Waals surface area contributed by atoms with Crippen LogP contribution in [0, 0.1) is 67.7 Å². The third-order valence-corrected chi connectivity index (χ3v) is 15.2. The molecular formula is C63H82ClNaO12. The van der Waals surface area contributed by atoms with E-state index in [1.54, 1.807) is 13.8 Å². The number of benzene rings is 3. The number of aryl methyl sites for hydroxylation is 9. The zero-order valence-corrected chi connectivity index (χ0v) is 51.5. The molecule has 3 saturated carbocycles. The van der Waals surface area contributed by atoms with E-state index in [2.05, 4.69) is 24.3 Å². The Morgan fingerprint density at radius 3 is 1.42 bits per heavy atom. The van der Waals surface area contributed by atoms with Crippen LogP contribution < -0.4 is 34.7 Å². The normalized spacial score (nSPS) is 17.7. The maximum absolute atomic E-state index is 12.9. The Labute approximate surface area is 485 Å². The first kappa shape index (κ1) is 64.8. The zero-order chi connectivity index (χ0) is 56.5. The smallest absolute Gasteiger partial charge is 0.872 e. The summed E-state index contributed by atoms with van der Waals surface area (Å²) in [5, 5.41) is 12.5. The largest absolute Gasteiger partial charge is 1.00 e. The van der Waals surface area contributed by atoms with Crippen LogP contribution in [0.25, 0.3) is 11.1 Å². The van der Waals surface area contributed by atoms with E-state index < -0.39 is 28.7 Å². The molecule has 0 saturated heterocycles. The van der Waals surface area contributed by atoms with Gasteiger partial charge in [-0.2, -0.15) is 0 Å². The fourth-order valence-electron chi connectivity index (χ4n) is 11.7. The van der Waals surface area contributed by atoms with Gasteiger partial charge in [-0.05, 0) is 213 Å². The van der Waals surface area contributed by atoms with Crippen molar-refractivity contribution < 1.29 is 87.1 Å². The van der Waals surface area contributed by atoms with Gasteiger partial charge in [0.15, 0.2) is 11.4 Å². The molecule has 0 N–H and O–H groups in total. The Bertz CT molecular complexity index is 2690. The van der Waals surface area contributed by atoms with Gasteiger partial charge < -0.3 is 28.8 Å². The molecule has 0 radical (unpaired) electrons. The molecule has 2 heterocycles. The van der Waals surface area contributed by atoms with Crippen molar-refractivity contribution in [1.82, 2.24) is 0 Å². The number of halogens is 1. The van der Waals surface area contributed by atoms with Crippen molar-refractivity contribution in [2.24, 2.45) is 5.41 Å². The summed E-state index contributed by atoms with van der Waals surface area (Å²) in [6, 6.07) is 12.3. The molecule has 2 spiro atoms. The molecule has 0 atom stereocenters. The van der Waals surface area contributed by atoms with Crippen molar-refractivity contribution >= 4 is 57.8 Å². The standard InChI is InChI=1S/C23H30O4.C20H28O4.C17H20O3.C3H5ClO.Na/c1-14-11-15(2)18(16(3)12-14)19-20(26-17(24)13-22(4,5)6)23(27-21(19)25)9-7-8-10-23;1-5-23-19(22)20(9-7-6-8-10-20)24-18(21)13-17-15(3)11-14(2)12-16(17)4;1-10-8-11(2)13(12(3)9-10)14-15(18)17(20-16(14)19)6-4-5-7-17;1-2-3(4)5;/h11-12H,7-10,13H2,1-6H3;11-12H,5-10,13H2,1-4H3;8-9,18H,4-7H2,1-3H3;2H2,1H3;/q;;;;+1/p-1. The van der Waals surface area contributed by atoms with Crippen molar-refractivity contribution in [2.75, 3.05) is 6.61 Å². The van der Waals surface area contributed by atoms with E-state index in [4.69, 9.17) is 35.3 Å². The van der Waals surface area contributed by atoms with E-state index in [0.29, 0.717) is 69.3 Å². The predicted octanol–water partition coefficient (Wildman–Crippen LogP) is 9.85. The van der Waals surface area contributed by atoms with Crippen LogP contribution in [-0.4, -0.2) is 58.5 Å². The molecule has 14 heteroatoms. The fraction of sp³-hybridized carbons (Fsp3) is 0.556. The first-order chi connectivity index (χ1) is 35.6. The topological polar surface area (TPSA) is 172 Å². The number of hydrogen-bond acceptors (Lipinski definition) is 12. The number of hydrogen-bond donors (Lipinski definition) is 0. The summed E-state index contributed by atoms with van der Waals surface area (Å²) >= 11 is 4.82. The summed E-state index contributed by atoms with van der Waals surface area (Å²) in [5.41, 5.74) is 9.97. The van der Waals surface area contributed by atoms with Crippen LogP contribution in [0.1, 0.15) is 198 Å². The molecule has 3 aliphatic carbocycles. The third kappa shape index (κ3) is 16.0. The van der Waals surface area contributed by atoms with E-state index >= 15 is 0 Å². The van der Waals surface area contributed by atoms with Gasteiger partial charge in [0.05, 0.1) is 25.0 Å². The minimum Gasteiger partial charge on any atom is -0.872 e. The number of carbonyl (C=O) groups excluding carboxylic acids is 6.